The standard InChI is InChI=1S/C11H11N3/c1-8-2-3-10(12)4-11(8)9-5-13-7-14-6-9/h2-7H,12H2,1H3. The predicted molar refractivity (Wildman–Crippen MR) is 56.6 cm³/mol. The highest BCUT2D eigenvalue weighted by molar-refractivity contribution is 5.69. The van der Waals surface area contributed by atoms with E-state index in [2.05, 4.69) is 9.97 Å². The lowest BCUT2D eigenvalue weighted by Gasteiger charge is -2.05. The first-order valence-corrected chi connectivity index (χ1v) is 4.39. The average Bonchev–Trinajstić information content (AvgIpc) is 2.23. The van der Waals surface area contributed by atoms with Crippen LogP contribution in [0.1, 0.15) is 5.56 Å². The first-order valence-electron chi connectivity index (χ1n) is 4.39. The second-order valence-corrected chi connectivity index (χ2v) is 3.20. The van der Waals surface area contributed by atoms with Crippen molar-refractivity contribution in [2.24, 2.45) is 0 Å². The molecule has 0 saturated heterocycles. The SMILES string of the molecule is Cc1ccc(N)cc1-c1cncnc1. The number of hydrogen-bond donors (Lipinski definition) is 1. The van der Waals surface area contributed by atoms with Crippen molar-refractivity contribution in [2.45, 2.75) is 6.92 Å². The van der Waals surface area contributed by atoms with Crippen LogP contribution in [0.2, 0.25) is 0 Å². The summed E-state index contributed by atoms with van der Waals surface area (Å²) in [5.41, 5.74) is 9.74. The van der Waals surface area contributed by atoms with Crippen LogP contribution in [0.5, 0.6) is 0 Å². The molecule has 0 amide bonds. The summed E-state index contributed by atoms with van der Waals surface area (Å²) in [6.45, 7) is 2.04. The third-order valence-electron chi connectivity index (χ3n) is 2.13. The number of rotatable bonds is 1. The molecular weight excluding hydrogens is 174 g/mol. The van der Waals surface area contributed by atoms with Crippen molar-refractivity contribution in [1.82, 2.24) is 9.97 Å². The summed E-state index contributed by atoms with van der Waals surface area (Å²) < 4.78 is 0. The van der Waals surface area contributed by atoms with Crippen LogP contribution in [0.4, 0.5) is 5.69 Å². The van der Waals surface area contributed by atoms with Gasteiger partial charge in [0, 0.05) is 23.6 Å². The van der Waals surface area contributed by atoms with E-state index < -0.39 is 0 Å². The van der Waals surface area contributed by atoms with Crippen molar-refractivity contribution in [3.8, 4) is 11.1 Å². The highest BCUT2D eigenvalue weighted by Gasteiger charge is 2.01. The van der Waals surface area contributed by atoms with Gasteiger partial charge < -0.3 is 5.73 Å². The van der Waals surface area contributed by atoms with E-state index in [-0.39, 0.29) is 0 Å². The molecule has 3 heteroatoms. The van der Waals surface area contributed by atoms with Crippen molar-refractivity contribution in [3.05, 3.63) is 42.5 Å². The molecule has 2 aromatic rings. The van der Waals surface area contributed by atoms with Gasteiger partial charge in [-0.1, -0.05) is 6.07 Å². The molecule has 2 N–H and O–H groups in total. The summed E-state index contributed by atoms with van der Waals surface area (Å²) in [6, 6.07) is 5.83. The number of nitrogen functional groups attached to an aromatic ring is 1. The first-order chi connectivity index (χ1) is 6.77. The van der Waals surface area contributed by atoms with Crippen LogP contribution in [-0.4, -0.2) is 9.97 Å². The van der Waals surface area contributed by atoms with Crippen LogP contribution in [0.15, 0.2) is 36.9 Å². The lowest BCUT2D eigenvalue weighted by molar-refractivity contribution is 1.17. The van der Waals surface area contributed by atoms with Gasteiger partial charge in [0.05, 0.1) is 0 Å². The number of nitrogens with zero attached hydrogens (tertiary/aromatic N) is 2. The minimum atomic E-state index is 0.759. The van der Waals surface area contributed by atoms with Gasteiger partial charge >= 0.3 is 0 Å². The first kappa shape index (κ1) is 8.69. The smallest absolute Gasteiger partial charge is 0.115 e. The maximum absolute atomic E-state index is 5.72. The normalized spacial score (nSPS) is 10.1. The summed E-state index contributed by atoms with van der Waals surface area (Å²) >= 11 is 0. The van der Waals surface area contributed by atoms with E-state index in [1.54, 1.807) is 12.4 Å². The third kappa shape index (κ3) is 1.57. The number of anilines is 1. The molecule has 0 aliphatic rings. The highest BCUT2D eigenvalue weighted by atomic mass is 14.8. The molecule has 1 aromatic heterocycles. The van der Waals surface area contributed by atoms with Gasteiger partial charge in [0.25, 0.3) is 0 Å². The quantitative estimate of drug-likeness (QED) is 0.691. The number of aryl methyl sites for hydroxylation is 1. The molecule has 2 rings (SSSR count). The van der Waals surface area contributed by atoms with Crippen LogP contribution in [0.3, 0.4) is 0 Å². The Labute approximate surface area is 82.6 Å². The highest BCUT2D eigenvalue weighted by Crippen LogP contribution is 2.23. The maximum atomic E-state index is 5.72. The Bertz CT molecular complexity index is 438. The van der Waals surface area contributed by atoms with E-state index in [1.165, 1.54) is 11.9 Å². The second-order valence-electron chi connectivity index (χ2n) is 3.20. The number of aromatic nitrogens is 2. The van der Waals surface area contributed by atoms with Gasteiger partial charge in [-0.15, -0.1) is 0 Å². The molecule has 0 spiro atoms. The Balaban J connectivity index is 2.57. The van der Waals surface area contributed by atoms with Crippen LogP contribution in [0.25, 0.3) is 11.1 Å². The Morgan fingerprint density at radius 1 is 1.14 bits per heavy atom. The Morgan fingerprint density at radius 3 is 2.57 bits per heavy atom. The molecule has 0 unspecified atom stereocenters. The fourth-order valence-corrected chi connectivity index (χ4v) is 1.39. The Hall–Kier alpha value is -1.90. The fraction of sp³-hybridized carbons (Fsp3) is 0.0909. The Morgan fingerprint density at radius 2 is 1.86 bits per heavy atom. The van der Waals surface area contributed by atoms with Crippen molar-refractivity contribution in [2.75, 3.05) is 5.73 Å². The van der Waals surface area contributed by atoms with E-state index in [1.807, 2.05) is 25.1 Å². The van der Waals surface area contributed by atoms with E-state index >= 15 is 0 Å². The van der Waals surface area contributed by atoms with E-state index in [4.69, 9.17) is 5.73 Å². The van der Waals surface area contributed by atoms with Crippen LogP contribution in [-0.2, 0) is 0 Å². The number of hydrogen-bond acceptors (Lipinski definition) is 3. The largest absolute Gasteiger partial charge is 0.399 e. The number of benzene rings is 1. The monoisotopic (exact) mass is 185 g/mol. The number of nitrogens with two attached hydrogens (primary N) is 1. The molecule has 0 aliphatic heterocycles. The fourth-order valence-electron chi connectivity index (χ4n) is 1.39. The van der Waals surface area contributed by atoms with E-state index in [0.717, 1.165) is 16.8 Å². The summed E-state index contributed by atoms with van der Waals surface area (Å²) in [6.07, 6.45) is 5.09. The predicted octanol–water partition coefficient (Wildman–Crippen LogP) is 2.03. The molecular formula is C11H11N3. The minimum absolute atomic E-state index is 0.759. The summed E-state index contributed by atoms with van der Waals surface area (Å²) in [7, 11) is 0. The van der Waals surface area contributed by atoms with Gasteiger partial charge in [-0.05, 0) is 30.2 Å². The molecule has 0 bridgehead atoms. The molecule has 3 nitrogen and oxygen atoms in total. The molecule has 1 aromatic carbocycles. The molecule has 0 saturated carbocycles. The van der Waals surface area contributed by atoms with Crippen molar-refractivity contribution in [1.29, 1.82) is 0 Å². The average molecular weight is 185 g/mol. The third-order valence-corrected chi connectivity index (χ3v) is 2.13. The zero-order valence-electron chi connectivity index (χ0n) is 7.94. The summed E-state index contributed by atoms with van der Waals surface area (Å²) in [5.74, 6) is 0. The van der Waals surface area contributed by atoms with Gasteiger partial charge in [0.2, 0.25) is 0 Å². The summed E-state index contributed by atoms with van der Waals surface area (Å²) in [5, 5.41) is 0. The Kier molecular flexibility index (Phi) is 2.14. The molecule has 70 valence electrons. The van der Waals surface area contributed by atoms with E-state index in [9.17, 15) is 0 Å². The van der Waals surface area contributed by atoms with Gasteiger partial charge in [-0.3, -0.25) is 0 Å². The minimum Gasteiger partial charge on any atom is -0.399 e. The molecule has 0 fully saturated rings. The lowest BCUT2D eigenvalue weighted by Crippen LogP contribution is -1.89. The zero-order valence-corrected chi connectivity index (χ0v) is 7.94. The maximum Gasteiger partial charge on any atom is 0.115 e. The van der Waals surface area contributed by atoms with Gasteiger partial charge in [-0.25, -0.2) is 9.97 Å². The molecule has 1 heterocycles. The molecule has 0 aliphatic carbocycles. The van der Waals surface area contributed by atoms with Crippen LogP contribution >= 0.6 is 0 Å². The van der Waals surface area contributed by atoms with E-state index in [0.29, 0.717) is 0 Å². The van der Waals surface area contributed by atoms with Gasteiger partial charge in [0.1, 0.15) is 6.33 Å². The van der Waals surface area contributed by atoms with Crippen LogP contribution in [0, 0.1) is 6.92 Å². The lowest BCUT2D eigenvalue weighted by atomic mass is 10.0. The van der Waals surface area contributed by atoms with Gasteiger partial charge in [0.15, 0.2) is 0 Å². The van der Waals surface area contributed by atoms with Crippen molar-refractivity contribution in [3.63, 3.8) is 0 Å². The molecule has 0 atom stereocenters. The molecule has 0 radical (unpaired) electrons. The summed E-state index contributed by atoms with van der Waals surface area (Å²) in [4.78, 5) is 7.96. The van der Waals surface area contributed by atoms with Gasteiger partial charge in [-0.2, -0.15) is 0 Å². The van der Waals surface area contributed by atoms with Crippen molar-refractivity contribution < 1.29 is 0 Å². The second kappa shape index (κ2) is 3.46. The molecule has 14 heavy (non-hydrogen) atoms. The zero-order chi connectivity index (χ0) is 9.97. The van der Waals surface area contributed by atoms with Crippen molar-refractivity contribution >= 4 is 5.69 Å². The topological polar surface area (TPSA) is 51.8 Å². The van der Waals surface area contributed by atoms with Crippen LogP contribution < -0.4 is 5.73 Å².